The lowest BCUT2D eigenvalue weighted by molar-refractivity contribution is -0.191. The van der Waals surface area contributed by atoms with E-state index >= 15 is 0 Å². The van der Waals surface area contributed by atoms with Crippen molar-refractivity contribution in [3.8, 4) is 0 Å². The number of aryl methyl sites for hydroxylation is 1. The molecule has 0 bridgehead atoms. The second-order valence-corrected chi connectivity index (χ2v) is 11.9. The summed E-state index contributed by atoms with van der Waals surface area (Å²) in [6, 6.07) is 3.67. The lowest BCUT2D eigenvalue weighted by atomic mass is 9.93. The zero-order valence-electron chi connectivity index (χ0n) is 24.2. The van der Waals surface area contributed by atoms with Crippen molar-refractivity contribution in [1.82, 2.24) is 19.8 Å². The number of nitrogens with one attached hydrogen (secondary N) is 1. The Morgan fingerprint density at radius 3 is 2.43 bits per heavy atom. The number of nitrogens with zero attached hydrogens (tertiary/aromatic N) is 4. The number of thiazole rings is 1. The number of methoxy groups -OCH3 is 1. The first-order valence-electron chi connectivity index (χ1n) is 13.7. The molecule has 3 heterocycles. The molecule has 0 saturated carbocycles. The standard InChI is InChI=1S/C29H36F3N5O4S/c1-16(15-38)27(39)37-12-10-20(11-13-37)28(40)36(4)25(29(30,31)32)19-6-8-21(9-7-19)35-22-14-33-26-24(34-18(3)42-26)23(22)17(2)41-5/h6-9,14,16-17,20,25,35,38H,10-13,15H2,1-5H3/t16?,17-,25-/m0/s1. The number of piperidine rings is 1. The predicted octanol–water partition coefficient (Wildman–Crippen LogP) is 5.38. The summed E-state index contributed by atoms with van der Waals surface area (Å²) in [7, 11) is 2.76. The Kier molecular flexibility index (Phi) is 9.74. The molecule has 3 atom stereocenters. The summed E-state index contributed by atoms with van der Waals surface area (Å²) in [5, 5.41) is 13.3. The molecule has 228 valence electrons. The van der Waals surface area contributed by atoms with Crippen LogP contribution in [0.4, 0.5) is 24.5 Å². The molecule has 0 radical (unpaired) electrons. The molecule has 0 spiro atoms. The summed E-state index contributed by atoms with van der Waals surface area (Å²) in [5.74, 6) is -2.03. The maximum absolute atomic E-state index is 14.3. The molecule has 2 N–H and O–H groups in total. The number of halogens is 3. The molecular formula is C29H36F3N5O4S. The van der Waals surface area contributed by atoms with E-state index in [1.54, 1.807) is 25.1 Å². The van der Waals surface area contributed by atoms with Crippen LogP contribution in [0.5, 0.6) is 0 Å². The second kappa shape index (κ2) is 12.9. The SMILES string of the molecule is CO[C@@H](C)c1c(Nc2ccc([C@H](N(C)C(=O)C3CCN(C(=O)C(C)CO)CC3)C(F)(F)F)cc2)cnc2sc(C)nc12. The normalized spacial score (nSPS) is 16.7. The van der Waals surface area contributed by atoms with Crippen LogP contribution in [0.25, 0.3) is 10.3 Å². The number of ether oxygens (including phenoxy) is 1. The van der Waals surface area contributed by atoms with Gasteiger partial charge < -0.3 is 25.0 Å². The van der Waals surface area contributed by atoms with Gasteiger partial charge >= 0.3 is 6.18 Å². The molecule has 2 amide bonds. The van der Waals surface area contributed by atoms with Crippen molar-refractivity contribution in [2.45, 2.75) is 51.9 Å². The van der Waals surface area contributed by atoms with E-state index in [9.17, 15) is 27.9 Å². The number of fused-ring (bicyclic) bond motifs is 1. The molecule has 1 aliphatic heterocycles. The summed E-state index contributed by atoms with van der Waals surface area (Å²) in [4.78, 5) is 37.7. The van der Waals surface area contributed by atoms with Crippen LogP contribution >= 0.6 is 11.3 Å². The van der Waals surface area contributed by atoms with E-state index in [1.807, 2.05) is 13.8 Å². The largest absolute Gasteiger partial charge is 0.413 e. The minimum atomic E-state index is -4.70. The molecule has 9 nitrogen and oxygen atoms in total. The van der Waals surface area contributed by atoms with Crippen LogP contribution in [0.15, 0.2) is 30.5 Å². The topological polar surface area (TPSA) is 108 Å². The van der Waals surface area contributed by atoms with Gasteiger partial charge in [0.15, 0.2) is 6.04 Å². The van der Waals surface area contributed by atoms with E-state index in [2.05, 4.69) is 15.3 Å². The van der Waals surface area contributed by atoms with E-state index in [-0.39, 0.29) is 50.1 Å². The summed E-state index contributed by atoms with van der Waals surface area (Å²) < 4.78 is 48.6. The van der Waals surface area contributed by atoms with Crippen molar-refractivity contribution in [3.63, 3.8) is 0 Å². The van der Waals surface area contributed by atoms with Gasteiger partial charge in [-0.05, 0) is 44.4 Å². The molecule has 1 unspecified atom stereocenters. The molecule has 2 aromatic heterocycles. The second-order valence-electron chi connectivity index (χ2n) is 10.7. The summed E-state index contributed by atoms with van der Waals surface area (Å²) in [5.41, 5.74) is 2.62. The van der Waals surface area contributed by atoms with Gasteiger partial charge in [-0.2, -0.15) is 13.2 Å². The number of carbonyl (C=O) groups excluding carboxylic acids is 2. The van der Waals surface area contributed by atoms with Crippen molar-refractivity contribution < 1.29 is 32.6 Å². The van der Waals surface area contributed by atoms with Gasteiger partial charge in [0, 0.05) is 44.4 Å². The van der Waals surface area contributed by atoms with Crippen molar-refractivity contribution in [1.29, 1.82) is 0 Å². The molecule has 4 rings (SSSR count). The molecular weight excluding hydrogens is 571 g/mol. The van der Waals surface area contributed by atoms with Crippen molar-refractivity contribution in [2.75, 3.05) is 39.2 Å². The third-order valence-corrected chi connectivity index (χ3v) is 8.61. The minimum Gasteiger partial charge on any atom is -0.396 e. The number of benzene rings is 1. The lowest BCUT2D eigenvalue weighted by Crippen LogP contribution is -2.47. The predicted molar refractivity (Wildman–Crippen MR) is 154 cm³/mol. The van der Waals surface area contributed by atoms with Crippen molar-refractivity contribution in [2.24, 2.45) is 11.8 Å². The highest BCUT2D eigenvalue weighted by molar-refractivity contribution is 7.18. The van der Waals surface area contributed by atoms with Crippen LogP contribution in [0, 0.1) is 18.8 Å². The number of anilines is 2. The quantitative estimate of drug-likeness (QED) is 0.336. The number of amides is 2. The number of aromatic nitrogens is 2. The number of carbonyl (C=O) groups is 2. The zero-order valence-corrected chi connectivity index (χ0v) is 25.1. The van der Waals surface area contributed by atoms with Gasteiger partial charge in [0.2, 0.25) is 11.8 Å². The maximum atomic E-state index is 14.3. The number of likely N-dealkylation sites (tertiary alicyclic amines) is 1. The van der Waals surface area contributed by atoms with Gasteiger partial charge in [-0.15, -0.1) is 0 Å². The van der Waals surface area contributed by atoms with Crippen molar-refractivity contribution in [3.05, 3.63) is 46.6 Å². The van der Waals surface area contributed by atoms with Gasteiger partial charge in [-0.3, -0.25) is 9.59 Å². The first-order chi connectivity index (χ1) is 19.8. The summed E-state index contributed by atoms with van der Waals surface area (Å²) in [6.07, 6.45) is -2.83. The molecule has 3 aromatic rings. The zero-order chi connectivity index (χ0) is 30.8. The smallest absolute Gasteiger partial charge is 0.396 e. The Hall–Kier alpha value is -3.29. The van der Waals surface area contributed by atoms with E-state index in [1.165, 1.54) is 42.6 Å². The third-order valence-electron chi connectivity index (χ3n) is 7.73. The number of hydrogen-bond donors (Lipinski definition) is 2. The van der Waals surface area contributed by atoms with E-state index in [0.717, 1.165) is 20.3 Å². The molecule has 1 fully saturated rings. The fraction of sp³-hybridized carbons (Fsp3) is 0.517. The van der Waals surface area contributed by atoms with Gasteiger partial charge in [0.05, 0.1) is 35.5 Å². The fourth-order valence-corrected chi connectivity index (χ4v) is 6.09. The first-order valence-corrected chi connectivity index (χ1v) is 14.6. The number of alkyl halides is 3. The molecule has 1 aromatic carbocycles. The van der Waals surface area contributed by atoms with E-state index < -0.39 is 30.0 Å². The number of hydrogen-bond acceptors (Lipinski definition) is 8. The van der Waals surface area contributed by atoms with Crippen LogP contribution in [-0.2, 0) is 14.3 Å². The van der Waals surface area contributed by atoms with Gasteiger partial charge in [-0.25, -0.2) is 9.97 Å². The molecule has 1 saturated heterocycles. The maximum Gasteiger partial charge on any atom is 0.413 e. The van der Waals surface area contributed by atoms with Crippen LogP contribution in [0.2, 0.25) is 0 Å². The number of pyridine rings is 1. The lowest BCUT2D eigenvalue weighted by Gasteiger charge is -2.37. The molecule has 0 aliphatic carbocycles. The average Bonchev–Trinajstić information content (AvgIpc) is 3.35. The van der Waals surface area contributed by atoms with Gasteiger partial charge in [0.25, 0.3) is 0 Å². The first kappa shape index (κ1) is 31.6. The van der Waals surface area contributed by atoms with E-state index in [0.29, 0.717) is 16.9 Å². The number of aliphatic hydroxyl groups excluding tert-OH is 1. The van der Waals surface area contributed by atoms with Gasteiger partial charge in [0.1, 0.15) is 10.3 Å². The molecule has 42 heavy (non-hydrogen) atoms. The Labute approximate surface area is 246 Å². The highest BCUT2D eigenvalue weighted by atomic mass is 32.1. The Morgan fingerprint density at radius 1 is 1.21 bits per heavy atom. The Balaban J connectivity index is 1.51. The summed E-state index contributed by atoms with van der Waals surface area (Å²) >= 11 is 1.46. The van der Waals surface area contributed by atoms with Crippen LogP contribution in [0.1, 0.15) is 55.0 Å². The van der Waals surface area contributed by atoms with Gasteiger partial charge in [-0.1, -0.05) is 30.4 Å². The monoisotopic (exact) mass is 607 g/mol. The number of rotatable bonds is 9. The highest BCUT2D eigenvalue weighted by Gasteiger charge is 2.46. The van der Waals surface area contributed by atoms with Crippen molar-refractivity contribution >= 4 is 44.9 Å². The Morgan fingerprint density at radius 2 is 1.86 bits per heavy atom. The van der Waals surface area contributed by atoms with Crippen LogP contribution in [0.3, 0.4) is 0 Å². The Bertz CT molecular complexity index is 1410. The molecule has 13 heteroatoms. The highest BCUT2D eigenvalue weighted by Crippen LogP contribution is 2.40. The fourth-order valence-electron chi connectivity index (χ4n) is 5.32. The van der Waals surface area contributed by atoms with E-state index in [4.69, 9.17) is 4.74 Å². The van der Waals surface area contributed by atoms with Crippen LogP contribution in [-0.4, -0.2) is 76.7 Å². The summed E-state index contributed by atoms with van der Waals surface area (Å²) in [6.45, 7) is 5.62. The molecule has 1 aliphatic rings. The van der Waals surface area contributed by atoms with Crippen LogP contribution < -0.4 is 5.32 Å². The average molecular weight is 608 g/mol. The minimum absolute atomic E-state index is 0.0672. The third kappa shape index (κ3) is 6.68. The number of aliphatic hydroxyl groups is 1.